The van der Waals surface area contributed by atoms with Crippen LogP contribution in [0.15, 0.2) is 34.9 Å². The van der Waals surface area contributed by atoms with Gasteiger partial charge >= 0.3 is 5.97 Å². The van der Waals surface area contributed by atoms with Crippen LogP contribution in [0.25, 0.3) is 11.3 Å². The summed E-state index contributed by atoms with van der Waals surface area (Å²) in [5, 5.41) is 14.0. The van der Waals surface area contributed by atoms with Gasteiger partial charge in [0.25, 0.3) is 0 Å². The zero-order chi connectivity index (χ0) is 21.0. The summed E-state index contributed by atoms with van der Waals surface area (Å²) in [4.78, 5) is 26.2. The maximum atomic E-state index is 12.3. The van der Waals surface area contributed by atoms with E-state index in [0.717, 1.165) is 11.3 Å². The van der Waals surface area contributed by atoms with Crippen LogP contribution in [0.5, 0.6) is 5.75 Å². The number of carbonyl (C=O) groups is 2. The van der Waals surface area contributed by atoms with Crippen LogP contribution in [0.1, 0.15) is 38.9 Å². The van der Waals surface area contributed by atoms with Gasteiger partial charge in [0, 0.05) is 37.6 Å². The average Bonchev–Trinajstić information content (AvgIpc) is 3.16. The van der Waals surface area contributed by atoms with Crippen molar-refractivity contribution in [1.82, 2.24) is 10.1 Å². The molecule has 3 rings (SSSR count). The molecule has 0 unspecified atom stereocenters. The quantitative estimate of drug-likeness (QED) is 0.763. The largest absolute Gasteiger partial charge is 0.497 e. The predicted octanol–water partition coefficient (Wildman–Crippen LogP) is 3.63. The van der Waals surface area contributed by atoms with E-state index in [4.69, 9.17) is 9.26 Å². The van der Waals surface area contributed by atoms with E-state index in [9.17, 15) is 14.7 Å². The second-order valence-electron chi connectivity index (χ2n) is 8.15. The Labute approximate surface area is 170 Å². The Morgan fingerprint density at radius 2 is 1.90 bits per heavy atom. The molecule has 0 bridgehead atoms. The monoisotopic (exact) mass is 400 g/mol. The van der Waals surface area contributed by atoms with Crippen LogP contribution in [0.4, 0.5) is 0 Å². The number of carboxylic acids is 1. The molecule has 2 aromatic rings. The van der Waals surface area contributed by atoms with Crippen LogP contribution in [0.3, 0.4) is 0 Å². The fourth-order valence-corrected chi connectivity index (χ4v) is 3.76. The summed E-state index contributed by atoms with van der Waals surface area (Å²) in [5.74, 6) is 0.830. The van der Waals surface area contributed by atoms with Crippen molar-refractivity contribution < 1.29 is 24.0 Å². The summed E-state index contributed by atoms with van der Waals surface area (Å²) >= 11 is 0. The van der Waals surface area contributed by atoms with Gasteiger partial charge < -0.3 is 19.3 Å². The first-order valence-electron chi connectivity index (χ1n) is 9.94. The van der Waals surface area contributed by atoms with Crippen LogP contribution in [0.2, 0.25) is 0 Å². The lowest BCUT2D eigenvalue weighted by molar-refractivity contribution is -0.154. The highest BCUT2D eigenvalue weighted by molar-refractivity contribution is 5.78. The fraction of sp³-hybridized carbons (Fsp3) is 0.500. The Morgan fingerprint density at radius 3 is 2.45 bits per heavy atom. The molecule has 1 saturated heterocycles. The molecule has 7 heteroatoms. The molecular weight excluding hydrogens is 372 g/mol. The van der Waals surface area contributed by atoms with Gasteiger partial charge in [-0.2, -0.15) is 0 Å². The first kappa shape index (κ1) is 20.9. The Morgan fingerprint density at radius 1 is 1.24 bits per heavy atom. The van der Waals surface area contributed by atoms with Crippen molar-refractivity contribution in [1.29, 1.82) is 0 Å². The molecule has 1 aliphatic heterocycles. The van der Waals surface area contributed by atoms with E-state index in [2.05, 4.69) is 5.16 Å². The van der Waals surface area contributed by atoms with E-state index < -0.39 is 11.4 Å². The number of nitrogens with zero attached hydrogens (tertiary/aromatic N) is 2. The SMILES string of the molecule is COc1ccc(-c2cc(CC3(C(=O)O)CCN(C(=O)CC(C)C)CC3)on2)cc1. The average molecular weight is 400 g/mol. The summed E-state index contributed by atoms with van der Waals surface area (Å²) < 4.78 is 10.6. The first-order valence-corrected chi connectivity index (χ1v) is 9.94. The van der Waals surface area contributed by atoms with Crippen LogP contribution < -0.4 is 4.74 Å². The number of likely N-dealkylation sites (tertiary alicyclic amines) is 1. The van der Waals surface area contributed by atoms with Crippen LogP contribution in [0, 0.1) is 11.3 Å². The van der Waals surface area contributed by atoms with Crippen molar-refractivity contribution in [3.8, 4) is 17.0 Å². The predicted molar refractivity (Wildman–Crippen MR) is 108 cm³/mol. The van der Waals surface area contributed by atoms with Gasteiger partial charge in [-0.1, -0.05) is 19.0 Å². The van der Waals surface area contributed by atoms with Crippen LogP contribution in [-0.2, 0) is 16.0 Å². The maximum absolute atomic E-state index is 12.3. The molecule has 1 N–H and O–H groups in total. The van der Waals surface area contributed by atoms with Crippen LogP contribution in [-0.4, -0.2) is 47.2 Å². The van der Waals surface area contributed by atoms with Gasteiger partial charge in [0.15, 0.2) is 0 Å². The number of hydrogen-bond donors (Lipinski definition) is 1. The van der Waals surface area contributed by atoms with Crippen molar-refractivity contribution in [2.45, 2.75) is 39.5 Å². The summed E-state index contributed by atoms with van der Waals surface area (Å²) in [5.41, 5.74) is 0.595. The van der Waals surface area contributed by atoms with E-state index in [1.54, 1.807) is 18.1 Å². The molecular formula is C22H28N2O5. The zero-order valence-electron chi connectivity index (χ0n) is 17.2. The topological polar surface area (TPSA) is 92.9 Å². The lowest BCUT2D eigenvalue weighted by Crippen LogP contribution is -2.47. The number of methoxy groups -OCH3 is 1. The molecule has 0 aliphatic carbocycles. The summed E-state index contributed by atoms with van der Waals surface area (Å²) in [6, 6.07) is 9.24. The molecule has 2 heterocycles. The van der Waals surface area contributed by atoms with Gasteiger partial charge in [0.2, 0.25) is 5.91 Å². The van der Waals surface area contributed by atoms with Gasteiger partial charge in [0.05, 0.1) is 12.5 Å². The molecule has 0 atom stereocenters. The molecule has 0 spiro atoms. The summed E-state index contributed by atoms with van der Waals surface area (Å²) in [6.07, 6.45) is 1.57. The number of amides is 1. The Bertz CT molecular complexity index is 848. The standard InChI is InChI=1S/C22H28N2O5/c1-15(2)12-20(25)24-10-8-22(9-11-24,21(26)27)14-18-13-19(23-29-18)16-4-6-17(28-3)7-5-16/h4-7,13,15H,8-12,14H2,1-3H3,(H,26,27). The summed E-state index contributed by atoms with van der Waals surface area (Å²) in [6.45, 7) is 4.93. The number of benzene rings is 1. The van der Waals surface area contributed by atoms with Gasteiger partial charge in [-0.25, -0.2) is 0 Å². The van der Waals surface area contributed by atoms with Gasteiger partial charge in [0.1, 0.15) is 17.2 Å². The highest BCUT2D eigenvalue weighted by Gasteiger charge is 2.43. The molecule has 0 radical (unpaired) electrons. The van der Waals surface area contributed by atoms with Gasteiger partial charge in [-0.05, 0) is 43.0 Å². The number of hydrogen-bond acceptors (Lipinski definition) is 5. The van der Waals surface area contributed by atoms with Crippen LogP contribution >= 0.6 is 0 Å². The minimum atomic E-state index is -0.939. The van der Waals surface area contributed by atoms with Crippen molar-refractivity contribution in [2.75, 3.05) is 20.2 Å². The van der Waals surface area contributed by atoms with Crippen molar-refractivity contribution in [3.63, 3.8) is 0 Å². The Kier molecular flexibility index (Phi) is 6.25. The highest BCUT2D eigenvalue weighted by atomic mass is 16.5. The number of ether oxygens (including phenoxy) is 1. The number of carboxylic acid groups (broad SMARTS) is 1. The second-order valence-corrected chi connectivity index (χ2v) is 8.15. The van der Waals surface area contributed by atoms with E-state index in [0.29, 0.717) is 49.7 Å². The molecule has 1 amide bonds. The number of piperidine rings is 1. The molecule has 1 aromatic carbocycles. The molecule has 156 valence electrons. The van der Waals surface area contributed by atoms with Crippen molar-refractivity contribution in [2.24, 2.45) is 11.3 Å². The minimum absolute atomic E-state index is 0.0976. The number of carbonyl (C=O) groups excluding carboxylic acids is 1. The first-order chi connectivity index (χ1) is 13.8. The van der Waals surface area contributed by atoms with E-state index in [1.807, 2.05) is 38.1 Å². The lowest BCUT2D eigenvalue weighted by Gasteiger charge is -2.38. The molecule has 1 aliphatic rings. The third-order valence-corrected chi connectivity index (χ3v) is 5.57. The normalized spacial score (nSPS) is 16.1. The molecule has 7 nitrogen and oxygen atoms in total. The summed E-state index contributed by atoms with van der Waals surface area (Å²) in [7, 11) is 1.61. The fourth-order valence-electron chi connectivity index (χ4n) is 3.76. The second kappa shape index (κ2) is 8.68. The van der Waals surface area contributed by atoms with E-state index >= 15 is 0 Å². The smallest absolute Gasteiger partial charge is 0.310 e. The molecule has 0 saturated carbocycles. The van der Waals surface area contributed by atoms with Gasteiger partial charge in [-0.15, -0.1) is 0 Å². The minimum Gasteiger partial charge on any atom is -0.497 e. The zero-order valence-corrected chi connectivity index (χ0v) is 17.2. The Balaban J connectivity index is 1.69. The number of aliphatic carboxylic acids is 1. The molecule has 29 heavy (non-hydrogen) atoms. The van der Waals surface area contributed by atoms with Gasteiger partial charge in [-0.3, -0.25) is 9.59 Å². The maximum Gasteiger partial charge on any atom is 0.310 e. The Hall–Kier alpha value is -2.83. The third kappa shape index (κ3) is 4.78. The third-order valence-electron chi connectivity index (χ3n) is 5.57. The van der Waals surface area contributed by atoms with Crippen molar-refractivity contribution >= 4 is 11.9 Å². The highest BCUT2D eigenvalue weighted by Crippen LogP contribution is 2.37. The van der Waals surface area contributed by atoms with Crippen molar-refractivity contribution in [3.05, 3.63) is 36.1 Å². The number of aromatic nitrogens is 1. The molecule has 1 aromatic heterocycles. The van der Waals surface area contributed by atoms with E-state index in [-0.39, 0.29) is 12.3 Å². The lowest BCUT2D eigenvalue weighted by atomic mass is 9.75. The molecule has 1 fully saturated rings. The number of rotatable bonds is 7. The van der Waals surface area contributed by atoms with E-state index in [1.165, 1.54) is 0 Å².